The largest absolute Gasteiger partial charge is 0.378 e. The van der Waals surface area contributed by atoms with Gasteiger partial charge >= 0.3 is 0 Å². The first-order valence-electron chi connectivity index (χ1n) is 10.3. The molecule has 1 aromatic rings. The van der Waals surface area contributed by atoms with E-state index in [1.807, 2.05) is 64.0 Å². The maximum Gasteiger partial charge on any atom is 0.300 e. The van der Waals surface area contributed by atoms with Crippen LogP contribution in [-0.4, -0.2) is 25.7 Å². The van der Waals surface area contributed by atoms with Crippen LogP contribution in [-0.2, 0) is 9.09 Å². The van der Waals surface area contributed by atoms with Gasteiger partial charge < -0.3 is 9.42 Å². The summed E-state index contributed by atoms with van der Waals surface area (Å²) in [5.41, 5.74) is 0.788. The predicted molar refractivity (Wildman–Crippen MR) is 117 cm³/mol. The van der Waals surface area contributed by atoms with Gasteiger partial charge in [-0.2, -0.15) is 0 Å². The minimum atomic E-state index is -3.18. The van der Waals surface area contributed by atoms with E-state index in [1.165, 1.54) is 6.42 Å². The zero-order valence-corrected chi connectivity index (χ0v) is 19.3. The van der Waals surface area contributed by atoms with Crippen molar-refractivity contribution in [3.8, 4) is 0 Å². The Bertz CT molecular complexity index is 649. The molecule has 1 aliphatic carbocycles. The SMILES string of the molecule is CC(C)[C@H]1CC[C@@H](C)C[C@@H]1O[P@@](=O)(NC(C)(C)C)c1ccc(N(C)C)cc1. The average Bonchev–Trinajstić information content (AvgIpc) is 2.52. The van der Waals surface area contributed by atoms with Gasteiger partial charge in [-0.1, -0.05) is 27.2 Å². The van der Waals surface area contributed by atoms with Crippen molar-refractivity contribution in [2.24, 2.45) is 17.8 Å². The van der Waals surface area contributed by atoms with Crippen LogP contribution in [0.25, 0.3) is 0 Å². The number of anilines is 1. The molecule has 0 bridgehead atoms. The number of rotatable bonds is 6. The predicted octanol–water partition coefficient (Wildman–Crippen LogP) is 5.44. The normalized spacial score (nSPS) is 26.0. The van der Waals surface area contributed by atoms with Gasteiger partial charge in [0, 0.05) is 25.3 Å². The van der Waals surface area contributed by atoms with Crippen molar-refractivity contribution in [2.45, 2.75) is 72.4 Å². The fraction of sp³-hybridized carbons (Fsp3) is 0.727. The molecular weight excluding hydrogens is 355 g/mol. The maximum absolute atomic E-state index is 14.1. The van der Waals surface area contributed by atoms with E-state index >= 15 is 0 Å². The van der Waals surface area contributed by atoms with Crippen molar-refractivity contribution in [1.82, 2.24) is 5.09 Å². The van der Waals surface area contributed by atoms with Crippen LogP contribution in [0.15, 0.2) is 24.3 Å². The molecule has 1 saturated carbocycles. The number of nitrogens with zero attached hydrogens (tertiary/aromatic N) is 1. The lowest BCUT2D eigenvalue weighted by Crippen LogP contribution is -2.41. The van der Waals surface area contributed by atoms with E-state index < -0.39 is 7.52 Å². The van der Waals surface area contributed by atoms with Gasteiger partial charge in [0.25, 0.3) is 7.52 Å². The second-order valence-electron chi connectivity index (χ2n) is 9.79. The van der Waals surface area contributed by atoms with Crippen LogP contribution < -0.4 is 15.3 Å². The Balaban J connectivity index is 2.36. The Kier molecular flexibility index (Phi) is 7.22. The lowest BCUT2D eigenvalue weighted by atomic mass is 9.75. The molecule has 4 atom stereocenters. The second kappa shape index (κ2) is 8.68. The minimum absolute atomic E-state index is 0.0305. The van der Waals surface area contributed by atoms with E-state index in [0.717, 1.165) is 23.8 Å². The highest BCUT2D eigenvalue weighted by Crippen LogP contribution is 2.49. The molecule has 1 aliphatic rings. The molecule has 1 fully saturated rings. The Hall–Kier alpha value is -0.830. The van der Waals surface area contributed by atoms with Crippen molar-refractivity contribution >= 4 is 18.5 Å². The molecule has 4 nitrogen and oxygen atoms in total. The van der Waals surface area contributed by atoms with Crippen LogP contribution in [0.1, 0.15) is 60.8 Å². The molecule has 0 aliphatic heterocycles. The monoisotopic (exact) mass is 394 g/mol. The zero-order valence-electron chi connectivity index (χ0n) is 18.5. The van der Waals surface area contributed by atoms with Crippen molar-refractivity contribution in [3.63, 3.8) is 0 Å². The molecule has 0 aromatic heterocycles. The number of nitrogens with one attached hydrogen (secondary N) is 1. The third kappa shape index (κ3) is 6.07. The molecule has 0 heterocycles. The van der Waals surface area contributed by atoms with Gasteiger partial charge in [0.2, 0.25) is 0 Å². The van der Waals surface area contributed by atoms with Gasteiger partial charge in [-0.15, -0.1) is 0 Å². The molecule has 0 spiro atoms. The highest BCUT2D eigenvalue weighted by molar-refractivity contribution is 7.65. The number of benzene rings is 1. The van der Waals surface area contributed by atoms with Gasteiger partial charge in [0.1, 0.15) is 0 Å². The van der Waals surface area contributed by atoms with E-state index in [1.54, 1.807) is 0 Å². The summed E-state index contributed by atoms with van der Waals surface area (Å²) in [4.78, 5) is 2.05. The maximum atomic E-state index is 14.1. The third-order valence-electron chi connectivity index (χ3n) is 5.43. The Labute approximate surface area is 166 Å². The molecule has 0 amide bonds. The zero-order chi connectivity index (χ0) is 20.4. The van der Waals surface area contributed by atoms with E-state index in [0.29, 0.717) is 17.8 Å². The van der Waals surface area contributed by atoms with Gasteiger partial charge in [-0.05, 0) is 75.6 Å². The third-order valence-corrected chi connectivity index (χ3v) is 7.94. The molecule has 154 valence electrons. The first kappa shape index (κ1) is 22.5. The summed E-state index contributed by atoms with van der Waals surface area (Å²) in [6, 6.07) is 7.93. The molecule has 1 aromatic carbocycles. The molecular formula is C22H39N2O2P. The average molecular weight is 395 g/mol. The Morgan fingerprint density at radius 1 is 1.15 bits per heavy atom. The fourth-order valence-corrected chi connectivity index (χ4v) is 6.32. The molecule has 27 heavy (non-hydrogen) atoms. The highest BCUT2D eigenvalue weighted by atomic mass is 31.2. The second-order valence-corrected chi connectivity index (χ2v) is 11.8. The van der Waals surface area contributed by atoms with Crippen LogP contribution in [0.4, 0.5) is 5.69 Å². The van der Waals surface area contributed by atoms with E-state index in [-0.39, 0.29) is 11.6 Å². The van der Waals surface area contributed by atoms with E-state index in [4.69, 9.17) is 4.52 Å². The summed E-state index contributed by atoms with van der Waals surface area (Å²) < 4.78 is 20.6. The summed E-state index contributed by atoms with van der Waals surface area (Å²) in [6.45, 7) is 12.9. The standard InChI is InChI=1S/C22H39N2O2P/c1-16(2)20-14-9-17(3)15-21(20)26-27(25,23-22(4,5)6)19-12-10-18(11-13-19)24(7)8/h10-13,16-17,20-21H,9,14-15H2,1-8H3,(H,23,25)/t17-,20-,21+,27-/m1/s1. The number of hydrogen-bond donors (Lipinski definition) is 1. The summed E-state index contributed by atoms with van der Waals surface area (Å²) >= 11 is 0. The number of hydrogen-bond acceptors (Lipinski definition) is 3. The highest BCUT2D eigenvalue weighted by Gasteiger charge is 2.39. The topological polar surface area (TPSA) is 41.6 Å². The Morgan fingerprint density at radius 2 is 1.74 bits per heavy atom. The summed E-state index contributed by atoms with van der Waals surface area (Å²) in [5.74, 6) is 1.60. The van der Waals surface area contributed by atoms with E-state index in [2.05, 4.69) is 25.9 Å². The first-order valence-corrected chi connectivity index (χ1v) is 11.9. The Morgan fingerprint density at radius 3 is 2.22 bits per heavy atom. The van der Waals surface area contributed by atoms with Crippen LogP contribution in [0.3, 0.4) is 0 Å². The molecule has 5 heteroatoms. The van der Waals surface area contributed by atoms with Gasteiger partial charge in [-0.3, -0.25) is 4.57 Å². The van der Waals surface area contributed by atoms with Crippen LogP contribution in [0.5, 0.6) is 0 Å². The summed E-state index contributed by atoms with van der Waals surface area (Å²) in [7, 11) is 0.834. The van der Waals surface area contributed by atoms with Crippen molar-refractivity contribution in [1.29, 1.82) is 0 Å². The smallest absolute Gasteiger partial charge is 0.300 e. The van der Waals surface area contributed by atoms with E-state index in [9.17, 15) is 4.57 Å². The van der Waals surface area contributed by atoms with Crippen LogP contribution in [0.2, 0.25) is 0 Å². The van der Waals surface area contributed by atoms with Gasteiger partial charge in [0.05, 0.1) is 11.4 Å². The van der Waals surface area contributed by atoms with Crippen molar-refractivity contribution < 1.29 is 9.09 Å². The van der Waals surface area contributed by atoms with Gasteiger partial charge in [0.15, 0.2) is 0 Å². The first-order chi connectivity index (χ1) is 12.4. The molecule has 1 N–H and O–H groups in total. The van der Waals surface area contributed by atoms with Crippen molar-refractivity contribution in [3.05, 3.63) is 24.3 Å². The lowest BCUT2D eigenvalue weighted by molar-refractivity contribution is 0.0474. The van der Waals surface area contributed by atoms with Crippen molar-refractivity contribution in [2.75, 3.05) is 19.0 Å². The molecule has 2 rings (SSSR count). The summed E-state index contributed by atoms with van der Waals surface area (Å²) in [6.07, 6.45) is 3.40. The lowest BCUT2D eigenvalue weighted by Gasteiger charge is -2.40. The molecule has 0 unspecified atom stereocenters. The van der Waals surface area contributed by atoms with Gasteiger partial charge in [-0.25, -0.2) is 5.09 Å². The molecule has 0 saturated heterocycles. The minimum Gasteiger partial charge on any atom is -0.378 e. The van der Waals surface area contributed by atoms with Crippen LogP contribution in [0, 0.1) is 17.8 Å². The fourth-order valence-electron chi connectivity index (χ4n) is 3.97. The quantitative estimate of drug-likeness (QED) is 0.653. The summed E-state index contributed by atoms with van der Waals surface area (Å²) in [5, 5.41) is 4.09. The molecule has 0 radical (unpaired) electrons. The van der Waals surface area contributed by atoms with Crippen LogP contribution >= 0.6 is 7.52 Å².